The molecule has 0 aromatic carbocycles. The Morgan fingerprint density at radius 2 is 1.81 bits per heavy atom. The van der Waals surface area contributed by atoms with Gasteiger partial charge in [-0.1, -0.05) is 5.21 Å². The fourth-order valence-corrected chi connectivity index (χ4v) is 3.72. The molecule has 2 aromatic heterocycles. The van der Waals surface area contributed by atoms with Gasteiger partial charge < -0.3 is 34.3 Å². The molecule has 1 fully saturated rings. The van der Waals surface area contributed by atoms with Gasteiger partial charge in [-0.05, 0) is 6.42 Å². The summed E-state index contributed by atoms with van der Waals surface area (Å²) in [6.07, 6.45) is 2.22. The third-order valence-electron chi connectivity index (χ3n) is 5.62. The molecule has 14 nitrogen and oxygen atoms in total. The number of ether oxygens (including phenoxy) is 4. The highest BCUT2D eigenvalue weighted by Gasteiger charge is 2.35. The zero-order valence-corrected chi connectivity index (χ0v) is 20.2. The molecule has 14 heteroatoms. The SMILES string of the molecule is O=c1ccn([C@H]2C[C@H](O)[C@@H](CO)O2)c(=O)n1CCOCCc1cn(CCCOCCOCCO)nn1. The minimum absolute atomic E-state index is 0.00349. The average Bonchev–Trinajstić information content (AvgIpc) is 3.48. The van der Waals surface area contributed by atoms with E-state index in [1.165, 1.54) is 16.8 Å². The summed E-state index contributed by atoms with van der Waals surface area (Å²) < 4.78 is 25.7. The topological polar surface area (TPSA) is 172 Å². The Morgan fingerprint density at radius 3 is 2.56 bits per heavy atom. The summed E-state index contributed by atoms with van der Waals surface area (Å²) >= 11 is 0. The highest BCUT2D eigenvalue weighted by Crippen LogP contribution is 2.26. The Bertz CT molecular complexity index is 1020. The average molecular weight is 514 g/mol. The van der Waals surface area contributed by atoms with Crippen molar-refractivity contribution in [1.29, 1.82) is 0 Å². The first kappa shape index (κ1) is 28.1. The normalized spacial score (nSPS) is 19.8. The van der Waals surface area contributed by atoms with E-state index in [2.05, 4.69) is 10.3 Å². The standard InChI is InChI=1S/C22H35N5O9/c28-7-11-35-13-12-33-8-1-4-25-15-17(23-24-25)3-9-34-10-6-26-20(31)2-5-27(22(26)32)21-14-18(30)19(16-29)36-21/h2,5,15,18-19,21,28-30H,1,3-4,6-14,16H2/t18-,19+,21+/m0/s1. The van der Waals surface area contributed by atoms with Crippen LogP contribution >= 0.6 is 0 Å². The minimum atomic E-state index is -0.884. The molecule has 0 bridgehead atoms. The van der Waals surface area contributed by atoms with E-state index in [1.807, 2.05) is 6.20 Å². The second-order valence-electron chi connectivity index (χ2n) is 8.25. The molecule has 0 amide bonds. The predicted octanol–water partition coefficient (Wildman–Crippen LogP) is -2.08. The van der Waals surface area contributed by atoms with Crippen LogP contribution in [0.2, 0.25) is 0 Å². The first-order valence-corrected chi connectivity index (χ1v) is 12.0. The van der Waals surface area contributed by atoms with Crippen LogP contribution < -0.4 is 11.2 Å². The summed E-state index contributed by atoms with van der Waals surface area (Å²) in [5.41, 5.74) is -0.254. The lowest BCUT2D eigenvalue weighted by Gasteiger charge is -2.16. The number of aromatic nitrogens is 5. The van der Waals surface area contributed by atoms with Crippen LogP contribution in [-0.4, -0.2) is 105 Å². The van der Waals surface area contributed by atoms with Crippen molar-refractivity contribution in [3.05, 3.63) is 45.0 Å². The fraction of sp³-hybridized carbons (Fsp3) is 0.727. The Balaban J connectivity index is 1.35. The van der Waals surface area contributed by atoms with E-state index in [0.717, 1.165) is 16.7 Å². The first-order chi connectivity index (χ1) is 17.5. The minimum Gasteiger partial charge on any atom is -0.394 e. The number of aliphatic hydroxyl groups is 3. The van der Waals surface area contributed by atoms with Gasteiger partial charge in [0, 0.05) is 44.5 Å². The van der Waals surface area contributed by atoms with Crippen LogP contribution in [0.3, 0.4) is 0 Å². The van der Waals surface area contributed by atoms with E-state index in [0.29, 0.717) is 46.0 Å². The van der Waals surface area contributed by atoms with Crippen molar-refractivity contribution in [2.45, 2.75) is 50.8 Å². The van der Waals surface area contributed by atoms with E-state index in [9.17, 15) is 19.8 Å². The number of hydrogen-bond donors (Lipinski definition) is 3. The van der Waals surface area contributed by atoms with Crippen LogP contribution in [0.15, 0.2) is 28.0 Å². The van der Waals surface area contributed by atoms with Gasteiger partial charge in [0.2, 0.25) is 0 Å². The summed E-state index contributed by atoms with van der Waals surface area (Å²) in [6, 6.07) is 1.26. The van der Waals surface area contributed by atoms with Crippen LogP contribution in [0.4, 0.5) is 0 Å². The molecule has 3 N–H and O–H groups in total. The van der Waals surface area contributed by atoms with Crippen LogP contribution in [0, 0.1) is 0 Å². The number of nitrogens with zero attached hydrogens (tertiary/aromatic N) is 5. The van der Waals surface area contributed by atoms with E-state index in [1.54, 1.807) is 4.68 Å². The highest BCUT2D eigenvalue weighted by atomic mass is 16.5. The molecule has 3 atom stereocenters. The Hall–Kier alpha value is -2.46. The highest BCUT2D eigenvalue weighted by molar-refractivity contribution is 4.92. The lowest BCUT2D eigenvalue weighted by molar-refractivity contribution is -0.0464. The van der Waals surface area contributed by atoms with Crippen molar-refractivity contribution in [1.82, 2.24) is 24.1 Å². The molecule has 0 spiro atoms. The third-order valence-corrected chi connectivity index (χ3v) is 5.62. The van der Waals surface area contributed by atoms with E-state index >= 15 is 0 Å². The zero-order valence-electron chi connectivity index (χ0n) is 20.2. The summed E-state index contributed by atoms with van der Waals surface area (Å²) in [4.78, 5) is 24.9. The summed E-state index contributed by atoms with van der Waals surface area (Å²) in [5.74, 6) is 0. The molecule has 3 rings (SSSR count). The molecule has 0 unspecified atom stereocenters. The van der Waals surface area contributed by atoms with Crippen molar-refractivity contribution >= 4 is 0 Å². The van der Waals surface area contributed by atoms with Crippen LogP contribution in [0.1, 0.15) is 24.8 Å². The second-order valence-corrected chi connectivity index (χ2v) is 8.25. The van der Waals surface area contributed by atoms with Gasteiger partial charge in [-0.25, -0.2) is 4.79 Å². The molecular weight excluding hydrogens is 478 g/mol. The van der Waals surface area contributed by atoms with Crippen LogP contribution in [0.5, 0.6) is 0 Å². The maximum atomic E-state index is 12.8. The molecular formula is C22H35N5O9. The molecule has 202 valence electrons. The van der Waals surface area contributed by atoms with Gasteiger partial charge in [-0.3, -0.25) is 18.6 Å². The number of rotatable bonds is 17. The fourth-order valence-electron chi connectivity index (χ4n) is 3.72. The van der Waals surface area contributed by atoms with Gasteiger partial charge in [-0.2, -0.15) is 0 Å². The molecule has 36 heavy (non-hydrogen) atoms. The van der Waals surface area contributed by atoms with Crippen molar-refractivity contribution in [2.75, 3.05) is 52.9 Å². The van der Waals surface area contributed by atoms with Gasteiger partial charge in [-0.15, -0.1) is 5.10 Å². The molecule has 1 aliphatic rings. The Morgan fingerprint density at radius 1 is 1.03 bits per heavy atom. The van der Waals surface area contributed by atoms with Crippen molar-refractivity contribution in [3.8, 4) is 0 Å². The quantitative estimate of drug-likeness (QED) is 0.198. The van der Waals surface area contributed by atoms with E-state index < -0.39 is 29.7 Å². The zero-order chi connectivity index (χ0) is 25.8. The molecule has 2 aromatic rings. The maximum absolute atomic E-state index is 12.8. The molecule has 3 heterocycles. The third kappa shape index (κ3) is 8.30. The van der Waals surface area contributed by atoms with Crippen LogP contribution in [0.25, 0.3) is 0 Å². The lowest BCUT2D eigenvalue weighted by atomic mass is 10.2. The van der Waals surface area contributed by atoms with Gasteiger partial charge in [0.25, 0.3) is 5.56 Å². The number of hydrogen-bond acceptors (Lipinski definition) is 11. The van der Waals surface area contributed by atoms with Crippen molar-refractivity contribution in [2.24, 2.45) is 0 Å². The van der Waals surface area contributed by atoms with Gasteiger partial charge in [0.1, 0.15) is 12.3 Å². The van der Waals surface area contributed by atoms with Gasteiger partial charge in [0.15, 0.2) is 0 Å². The number of aryl methyl sites for hydroxylation is 1. The Labute approximate surface area is 207 Å². The lowest BCUT2D eigenvalue weighted by Crippen LogP contribution is -2.41. The molecule has 0 radical (unpaired) electrons. The molecule has 0 aliphatic carbocycles. The molecule has 1 aliphatic heterocycles. The monoisotopic (exact) mass is 513 g/mol. The summed E-state index contributed by atoms with van der Waals surface area (Å²) in [6.45, 7) is 2.68. The largest absolute Gasteiger partial charge is 0.394 e. The van der Waals surface area contributed by atoms with Gasteiger partial charge in [0.05, 0.1) is 64.6 Å². The van der Waals surface area contributed by atoms with E-state index in [-0.39, 0.29) is 32.8 Å². The van der Waals surface area contributed by atoms with Crippen molar-refractivity contribution < 1.29 is 34.3 Å². The van der Waals surface area contributed by atoms with Crippen LogP contribution in [-0.2, 0) is 38.5 Å². The first-order valence-electron chi connectivity index (χ1n) is 12.0. The smallest absolute Gasteiger partial charge is 0.333 e. The summed E-state index contributed by atoms with van der Waals surface area (Å²) in [7, 11) is 0. The predicted molar refractivity (Wildman–Crippen MR) is 124 cm³/mol. The summed E-state index contributed by atoms with van der Waals surface area (Å²) in [5, 5.41) is 36.0. The number of aliphatic hydroxyl groups excluding tert-OH is 3. The van der Waals surface area contributed by atoms with Crippen molar-refractivity contribution in [3.63, 3.8) is 0 Å². The second kappa shape index (κ2) is 14.9. The molecule has 0 saturated carbocycles. The maximum Gasteiger partial charge on any atom is 0.333 e. The van der Waals surface area contributed by atoms with E-state index in [4.69, 9.17) is 24.1 Å². The molecule has 1 saturated heterocycles. The Kier molecular flexibility index (Phi) is 11.7. The van der Waals surface area contributed by atoms with Gasteiger partial charge >= 0.3 is 5.69 Å².